The zero-order valence-corrected chi connectivity index (χ0v) is 11.3. The van der Waals surface area contributed by atoms with E-state index in [1.54, 1.807) is 0 Å². The van der Waals surface area contributed by atoms with Gasteiger partial charge in [-0.15, -0.1) is 0 Å². The number of nitrogens with zero attached hydrogens (tertiary/aromatic N) is 1. The third-order valence-corrected chi connectivity index (χ3v) is 4.05. The predicted octanol–water partition coefficient (Wildman–Crippen LogP) is 2.02. The Labute approximate surface area is 106 Å². The number of ether oxygens (including phenoxy) is 1. The highest BCUT2D eigenvalue weighted by Gasteiger charge is 2.24. The highest BCUT2D eigenvalue weighted by Crippen LogP contribution is 2.18. The number of hydrogen-bond donors (Lipinski definition) is 1. The van der Waals surface area contributed by atoms with E-state index in [0.717, 1.165) is 12.6 Å². The van der Waals surface area contributed by atoms with E-state index in [0.29, 0.717) is 6.10 Å². The first kappa shape index (κ1) is 13.3. The van der Waals surface area contributed by atoms with Crippen LogP contribution in [0.3, 0.4) is 0 Å². The zero-order chi connectivity index (χ0) is 11.9. The van der Waals surface area contributed by atoms with Gasteiger partial charge in [0, 0.05) is 19.2 Å². The molecule has 17 heavy (non-hydrogen) atoms. The van der Waals surface area contributed by atoms with Crippen molar-refractivity contribution in [3.05, 3.63) is 0 Å². The normalized spacial score (nSPS) is 27.5. The summed E-state index contributed by atoms with van der Waals surface area (Å²) in [6.45, 7) is 8.06. The molecule has 2 rings (SSSR count). The van der Waals surface area contributed by atoms with E-state index in [2.05, 4.69) is 17.1 Å². The van der Waals surface area contributed by atoms with Gasteiger partial charge in [-0.3, -0.25) is 4.90 Å². The van der Waals surface area contributed by atoms with Gasteiger partial charge in [0.15, 0.2) is 0 Å². The molecule has 0 spiro atoms. The molecule has 0 aliphatic carbocycles. The minimum atomic E-state index is 0.505. The summed E-state index contributed by atoms with van der Waals surface area (Å²) in [5.74, 6) is 0. The Bertz CT molecular complexity index is 198. The molecule has 2 fully saturated rings. The minimum absolute atomic E-state index is 0.505. The van der Waals surface area contributed by atoms with Crippen molar-refractivity contribution >= 4 is 0 Å². The molecule has 0 radical (unpaired) electrons. The van der Waals surface area contributed by atoms with Crippen LogP contribution in [0, 0.1) is 0 Å². The third-order valence-electron chi connectivity index (χ3n) is 4.05. The topological polar surface area (TPSA) is 24.5 Å². The lowest BCUT2D eigenvalue weighted by molar-refractivity contribution is -0.0164. The Hall–Kier alpha value is -0.120. The molecule has 0 aromatic carbocycles. The van der Waals surface area contributed by atoms with Crippen LogP contribution in [-0.4, -0.2) is 49.8 Å². The fourth-order valence-corrected chi connectivity index (χ4v) is 3.09. The summed E-state index contributed by atoms with van der Waals surface area (Å²) in [5.41, 5.74) is 0. The van der Waals surface area contributed by atoms with Crippen LogP contribution in [0.5, 0.6) is 0 Å². The molecule has 0 bridgehead atoms. The lowest BCUT2D eigenvalue weighted by Gasteiger charge is -2.37. The van der Waals surface area contributed by atoms with Gasteiger partial charge < -0.3 is 10.1 Å². The van der Waals surface area contributed by atoms with E-state index in [1.165, 1.54) is 64.7 Å². The second-order valence-corrected chi connectivity index (χ2v) is 5.46. The van der Waals surface area contributed by atoms with Gasteiger partial charge in [-0.05, 0) is 58.2 Å². The fraction of sp³-hybridized carbons (Fsp3) is 1.00. The highest BCUT2D eigenvalue weighted by molar-refractivity contribution is 4.80. The van der Waals surface area contributed by atoms with E-state index in [1.807, 2.05) is 0 Å². The molecule has 0 aromatic heterocycles. The molecule has 3 heteroatoms. The van der Waals surface area contributed by atoms with Crippen LogP contribution in [0.1, 0.15) is 45.4 Å². The van der Waals surface area contributed by atoms with Crippen LogP contribution < -0.4 is 5.32 Å². The van der Waals surface area contributed by atoms with Gasteiger partial charge in [0.05, 0.1) is 6.10 Å². The average molecular weight is 240 g/mol. The van der Waals surface area contributed by atoms with Crippen molar-refractivity contribution in [2.75, 3.05) is 32.8 Å². The van der Waals surface area contributed by atoms with E-state index in [9.17, 15) is 0 Å². The number of piperidine rings is 1. The first-order chi connectivity index (χ1) is 8.40. The van der Waals surface area contributed by atoms with Crippen LogP contribution >= 0.6 is 0 Å². The van der Waals surface area contributed by atoms with Crippen LogP contribution in [0.2, 0.25) is 0 Å². The van der Waals surface area contributed by atoms with Crippen molar-refractivity contribution in [2.24, 2.45) is 0 Å². The molecule has 1 atom stereocenters. The molecule has 1 N–H and O–H groups in total. The Morgan fingerprint density at radius 2 is 2.00 bits per heavy atom. The summed E-state index contributed by atoms with van der Waals surface area (Å²) >= 11 is 0. The van der Waals surface area contributed by atoms with Crippen molar-refractivity contribution < 1.29 is 4.74 Å². The summed E-state index contributed by atoms with van der Waals surface area (Å²) in [4.78, 5) is 2.69. The number of hydrogen-bond acceptors (Lipinski definition) is 3. The van der Waals surface area contributed by atoms with E-state index in [4.69, 9.17) is 4.74 Å². The lowest BCUT2D eigenvalue weighted by Crippen LogP contribution is -2.47. The molecule has 0 saturated carbocycles. The molecule has 2 aliphatic rings. The third kappa shape index (κ3) is 4.23. The Kier molecular flexibility index (Phi) is 5.75. The molecule has 0 amide bonds. The van der Waals surface area contributed by atoms with Crippen LogP contribution in [0.25, 0.3) is 0 Å². The van der Waals surface area contributed by atoms with E-state index < -0.39 is 0 Å². The number of nitrogens with one attached hydrogen (secondary N) is 1. The Morgan fingerprint density at radius 1 is 1.18 bits per heavy atom. The Balaban J connectivity index is 1.81. The van der Waals surface area contributed by atoms with Gasteiger partial charge >= 0.3 is 0 Å². The van der Waals surface area contributed by atoms with Gasteiger partial charge in [-0.25, -0.2) is 0 Å². The first-order valence-electron chi connectivity index (χ1n) is 7.46. The molecule has 100 valence electrons. The second kappa shape index (κ2) is 7.34. The first-order valence-corrected chi connectivity index (χ1v) is 7.46. The van der Waals surface area contributed by atoms with Crippen LogP contribution in [0.15, 0.2) is 0 Å². The molecule has 1 unspecified atom stereocenters. The van der Waals surface area contributed by atoms with Gasteiger partial charge in [0.25, 0.3) is 0 Å². The van der Waals surface area contributed by atoms with E-state index >= 15 is 0 Å². The quantitative estimate of drug-likeness (QED) is 0.795. The molecule has 2 saturated heterocycles. The fourth-order valence-electron chi connectivity index (χ4n) is 3.09. The predicted molar refractivity (Wildman–Crippen MR) is 71.3 cm³/mol. The second-order valence-electron chi connectivity index (χ2n) is 5.46. The van der Waals surface area contributed by atoms with Gasteiger partial charge in [-0.1, -0.05) is 6.92 Å². The SMILES string of the molecule is CCCN(CC1CCCCO1)C1CCNCC1. The molecular weight excluding hydrogens is 212 g/mol. The zero-order valence-electron chi connectivity index (χ0n) is 11.3. The van der Waals surface area contributed by atoms with E-state index in [-0.39, 0.29) is 0 Å². The molecule has 2 heterocycles. The summed E-state index contributed by atoms with van der Waals surface area (Å²) in [6, 6.07) is 0.793. The Morgan fingerprint density at radius 3 is 2.65 bits per heavy atom. The van der Waals surface area contributed by atoms with Crippen molar-refractivity contribution in [2.45, 2.75) is 57.6 Å². The summed E-state index contributed by atoms with van der Waals surface area (Å²) in [6.07, 6.45) is 8.28. The maximum Gasteiger partial charge on any atom is 0.0702 e. The summed E-state index contributed by atoms with van der Waals surface area (Å²) < 4.78 is 5.89. The summed E-state index contributed by atoms with van der Waals surface area (Å²) in [5, 5.41) is 3.46. The minimum Gasteiger partial charge on any atom is -0.377 e. The number of rotatable bonds is 5. The molecule has 0 aromatic rings. The standard InChI is InChI=1S/C14H28N2O/c1-2-10-16(13-6-8-15-9-7-13)12-14-5-3-4-11-17-14/h13-15H,2-12H2,1H3. The van der Waals surface area contributed by atoms with Crippen molar-refractivity contribution in [3.63, 3.8) is 0 Å². The maximum absolute atomic E-state index is 5.89. The largest absolute Gasteiger partial charge is 0.377 e. The maximum atomic E-state index is 5.89. The molecule has 3 nitrogen and oxygen atoms in total. The summed E-state index contributed by atoms with van der Waals surface area (Å²) in [7, 11) is 0. The van der Waals surface area contributed by atoms with Crippen molar-refractivity contribution in [3.8, 4) is 0 Å². The van der Waals surface area contributed by atoms with Crippen LogP contribution in [-0.2, 0) is 4.74 Å². The van der Waals surface area contributed by atoms with Crippen LogP contribution in [0.4, 0.5) is 0 Å². The molecule has 2 aliphatic heterocycles. The van der Waals surface area contributed by atoms with Gasteiger partial charge in [0.2, 0.25) is 0 Å². The molecular formula is C14H28N2O. The highest BCUT2D eigenvalue weighted by atomic mass is 16.5. The smallest absolute Gasteiger partial charge is 0.0702 e. The average Bonchev–Trinajstić information content (AvgIpc) is 2.40. The van der Waals surface area contributed by atoms with Crippen molar-refractivity contribution in [1.82, 2.24) is 10.2 Å². The van der Waals surface area contributed by atoms with Gasteiger partial charge in [0.1, 0.15) is 0 Å². The van der Waals surface area contributed by atoms with Crippen molar-refractivity contribution in [1.29, 1.82) is 0 Å². The lowest BCUT2D eigenvalue weighted by atomic mass is 10.0. The van der Waals surface area contributed by atoms with Gasteiger partial charge in [-0.2, -0.15) is 0 Å². The monoisotopic (exact) mass is 240 g/mol.